The first-order valence-electron chi connectivity index (χ1n) is 11.4. The fourth-order valence-corrected chi connectivity index (χ4v) is 4.43. The van der Waals surface area contributed by atoms with Crippen molar-refractivity contribution in [1.82, 2.24) is 24.7 Å². The smallest absolute Gasteiger partial charge is 0.391 e. The third kappa shape index (κ3) is 4.53. The monoisotopic (exact) mass is 476 g/mol. The van der Waals surface area contributed by atoms with Crippen LogP contribution in [-0.4, -0.2) is 57.2 Å². The Morgan fingerprint density at radius 1 is 1.18 bits per heavy atom. The van der Waals surface area contributed by atoms with Crippen LogP contribution in [0.25, 0.3) is 11.0 Å². The predicted octanol–water partition coefficient (Wildman–Crippen LogP) is 3.92. The number of nitrogens with zero attached hydrogens (tertiary/aromatic N) is 6. The Labute approximate surface area is 195 Å². The summed E-state index contributed by atoms with van der Waals surface area (Å²) in [6.45, 7) is 5.68. The average Bonchev–Trinajstić information content (AvgIpc) is 3.19. The molecule has 0 radical (unpaired) electrons. The van der Waals surface area contributed by atoms with Crippen LogP contribution >= 0.6 is 0 Å². The van der Waals surface area contributed by atoms with Gasteiger partial charge in [0.1, 0.15) is 6.10 Å². The molecule has 3 aromatic rings. The van der Waals surface area contributed by atoms with E-state index < -0.39 is 12.1 Å². The number of aromatic nitrogens is 5. The van der Waals surface area contributed by atoms with Crippen molar-refractivity contribution in [3.63, 3.8) is 0 Å². The van der Waals surface area contributed by atoms with Gasteiger partial charge in [-0.1, -0.05) is 0 Å². The van der Waals surface area contributed by atoms with Crippen molar-refractivity contribution in [2.45, 2.75) is 39.0 Å². The van der Waals surface area contributed by atoms with Gasteiger partial charge in [-0.25, -0.2) is 4.98 Å². The molecule has 0 bridgehead atoms. The Bertz CT molecular complexity index is 1190. The molecule has 1 aliphatic heterocycles. The lowest BCUT2D eigenvalue weighted by molar-refractivity contribution is -0.206. The van der Waals surface area contributed by atoms with Gasteiger partial charge in [-0.3, -0.25) is 4.68 Å². The lowest BCUT2D eigenvalue weighted by atomic mass is 9.75. The molecule has 1 aliphatic carbocycles. The van der Waals surface area contributed by atoms with E-state index in [1.54, 1.807) is 10.9 Å². The van der Waals surface area contributed by atoms with Crippen LogP contribution in [0.3, 0.4) is 0 Å². The molecule has 4 heterocycles. The minimum Gasteiger partial charge on any atom is -0.477 e. The Kier molecular flexibility index (Phi) is 5.83. The summed E-state index contributed by atoms with van der Waals surface area (Å²) in [4.78, 5) is 16.0. The Morgan fingerprint density at radius 3 is 2.68 bits per heavy atom. The fourth-order valence-electron chi connectivity index (χ4n) is 4.43. The molecule has 34 heavy (non-hydrogen) atoms. The highest BCUT2D eigenvalue weighted by Crippen LogP contribution is 2.45. The van der Waals surface area contributed by atoms with Crippen LogP contribution in [0.2, 0.25) is 0 Å². The summed E-state index contributed by atoms with van der Waals surface area (Å²) in [6, 6.07) is 1.92. The van der Waals surface area contributed by atoms with Gasteiger partial charge in [0.2, 0.25) is 11.8 Å². The van der Waals surface area contributed by atoms with Gasteiger partial charge in [-0.05, 0) is 44.2 Å². The number of morpholine rings is 1. The molecule has 2 aliphatic rings. The second kappa shape index (κ2) is 8.68. The third-order valence-electron chi connectivity index (χ3n) is 6.68. The molecule has 0 spiro atoms. The van der Waals surface area contributed by atoms with Crippen molar-refractivity contribution in [3.8, 4) is 5.88 Å². The SMILES string of the molecule is Cc1cc2c(OCC3CC(C(F)(F)F)C3)nc(N3CCO[C@H](c4cnn(C)c4)C3)nc2nc1C. The number of anilines is 1. The lowest BCUT2D eigenvalue weighted by Gasteiger charge is -2.36. The number of fused-ring (bicyclic) bond motifs is 1. The number of alkyl halides is 3. The molecule has 8 nitrogen and oxygen atoms in total. The second-order valence-electron chi connectivity index (χ2n) is 9.23. The average molecular weight is 477 g/mol. The molecule has 5 rings (SSSR count). The first-order valence-corrected chi connectivity index (χ1v) is 11.4. The van der Waals surface area contributed by atoms with Gasteiger partial charge in [0, 0.05) is 31.0 Å². The van der Waals surface area contributed by atoms with Crippen molar-refractivity contribution >= 4 is 17.0 Å². The van der Waals surface area contributed by atoms with Crippen molar-refractivity contribution in [3.05, 3.63) is 35.3 Å². The van der Waals surface area contributed by atoms with E-state index in [2.05, 4.69) is 15.1 Å². The van der Waals surface area contributed by atoms with Gasteiger partial charge < -0.3 is 14.4 Å². The minimum absolute atomic E-state index is 0.0893. The maximum atomic E-state index is 12.9. The number of halogens is 3. The van der Waals surface area contributed by atoms with E-state index in [0.29, 0.717) is 42.6 Å². The maximum absolute atomic E-state index is 12.9. The number of ether oxygens (including phenoxy) is 2. The largest absolute Gasteiger partial charge is 0.477 e. The minimum atomic E-state index is -4.13. The summed E-state index contributed by atoms with van der Waals surface area (Å²) in [6.07, 6.45) is -0.425. The zero-order valence-electron chi connectivity index (χ0n) is 19.3. The van der Waals surface area contributed by atoms with Crippen LogP contribution in [-0.2, 0) is 11.8 Å². The molecule has 1 saturated carbocycles. The van der Waals surface area contributed by atoms with E-state index in [1.807, 2.05) is 38.1 Å². The molecule has 11 heteroatoms. The van der Waals surface area contributed by atoms with Gasteiger partial charge in [0.25, 0.3) is 0 Å². The van der Waals surface area contributed by atoms with E-state index in [1.165, 1.54) is 0 Å². The topological polar surface area (TPSA) is 78.2 Å². The summed E-state index contributed by atoms with van der Waals surface area (Å²) < 4.78 is 52.2. The van der Waals surface area contributed by atoms with Crippen LogP contribution in [0.1, 0.15) is 35.8 Å². The van der Waals surface area contributed by atoms with Crippen LogP contribution in [0.5, 0.6) is 5.88 Å². The molecular weight excluding hydrogens is 449 g/mol. The van der Waals surface area contributed by atoms with E-state index in [4.69, 9.17) is 14.5 Å². The molecule has 0 unspecified atom stereocenters. The van der Waals surface area contributed by atoms with E-state index in [9.17, 15) is 13.2 Å². The van der Waals surface area contributed by atoms with Gasteiger partial charge in [-0.2, -0.15) is 28.2 Å². The van der Waals surface area contributed by atoms with Gasteiger partial charge in [0.15, 0.2) is 5.65 Å². The zero-order valence-corrected chi connectivity index (χ0v) is 19.3. The second-order valence-corrected chi connectivity index (χ2v) is 9.23. The number of hydrogen-bond acceptors (Lipinski definition) is 7. The van der Waals surface area contributed by atoms with E-state index in [-0.39, 0.29) is 31.5 Å². The number of hydrogen-bond donors (Lipinski definition) is 0. The van der Waals surface area contributed by atoms with Crippen LogP contribution in [0.15, 0.2) is 18.5 Å². The maximum Gasteiger partial charge on any atom is 0.391 e. The third-order valence-corrected chi connectivity index (χ3v) is 6.68. The summed E-state index contributed by atoms with van der Waals surface area (Å²) in [7, 11) is 1.86. The molecule has 3 aromatic heterocycles. The first-order chi connectivity index (χ1) is 16.2. The molecule has 1 saturated heterocycles. The summed E-state index contributed by atoms with van der Waals surface area (Å²) in [5.74, 6) is -0.547. The van der Waals surface area contributed by atoms with Crippen LogP contribution < -0.4 is 9.64 Å². The highest BCUT2D eigenvalue weighted by molar-refractivity contribution is 5.82. The molecule has 0 N–H and O–H groups in total. The molecule has 0 aromatic carbocycles. The Hall–Kier alpha value is -2.95. The quantitative estimate of drug-likeness (QED) is 0.552. The van der Waals surface area contributed by atoms with E-state index >= 15 is 0 Å². The van der Waals surface area contributed by atoms with Crippen molar-refractivity contribution < 1.29 is 22.6 Å². The van der Waals surface area contributed by atoms with Crippen molar-refractivity contribution in [2.75, 3.05) is 31.2 Å². The number of aryl methyl sites for hydroxylation is 3. The summed E-state index contributed by atoms with van der Waals surface area (Å²) >= 11 is 0. The molecule has 0 amide bonds. The normalized spacial score (nSPS) is 23.2. The van der Waals surface area contributed by atoms with Gasteiger partial charge in [-0.15, -0.1) is 0 Å². The number of rotatable bonds is 5. The van der Waals surface area contributed by atoms with Crippen LogP contribution in [0.4, 0.5) is 19.1 Å². The summed E-state index contributed by atoms with van der Waals surface area (Å²) in [5.41, 5.74) is 3.30. The lowest BCUT2D eigenvalue weighted by Crippen LogP contribution is -2.39. The van der Waals surface area contributed by atoms with Gasteiger partial charge in [0.05, 0.1) is 37.3 Å². The number of pyridine rings is 1. The molecule has 1 atom stereocenters. The van der Waals surface area contributed by atoms with Gasteiger partial charge >= 0.3 is 6.18 Å². The highest BCUT2D eigenvalue weighted by Gasteiger charge is 2.48. The Balaban J connectivity index is 1.39. The highest BCUT2D eigenvalue weighted by atomic mass is 19.4. The fraction of sp³-hybridized carbons (Fsp3) is 0.565. The molecule has 182 valence electrons. The Morgan fingerprint density at radius 2 is 1.97 bits per heavy atom. The summed E-state index contributed by atoms with van der Waals surface area (Å²) in [5, 5.41) is 4.89. The first kappa shape index (κ1) is 22.8. The predicted molar refractivity (Wildman–Crippen MR) is 119 cm³/mol. The molecular formula is C23H27F3N6O2. The standard InChI is InChI=1S/C23H27F3N6O2/c1-13-6-18-20(28-14(13)2)29-22(30-21(18)34-12-15-7-17(8-15)23(24,25)26)32-4-5-33-19(11-32)16-9-27-31(3)10-16/h6,9-10,15,17,19H,4-5,7-8,11-12H2,1-3H3/t15?,17?,19-/m0/s1. The zero-order chi connectivity index (χ0) is 24.0. The van der Waals surface area contributed by atoms with E-state index in [0.717, 1.165) is 16.8 Å². The van der Waals surface area contributed by atoms with Crippen molar-refractivity contribution in [2.24, 2.45) is 18.9 Å². The van der Waals surface area contributed by atoms with Crippen LogP contribution in [0, 0.1) is 25.7 Å². The van der Waals surface area contributed by atoms with Crippen molar-refractivity contribution in [1.29, 1.82) is 0 Å². The molecule has 2 fully saturated rings.